The van der Waals surface area contributed by atoms with Crippen molar-refractivity contribution in [3.63, 3.8) is 0 Å². The van der Waals surface area contributed by atoms with E-state index in [4.69, 9.17) is 4.98 Å². The minimum Gasteiger partial charge on any atom is -0.297 e. The van der Waals surface area contributed by atoms with Crippen LogP contribution in [0.15, 0.2) is 60.0 Å². The lowest BCUT2D eigenvalue weighted by Gasteiger charge is -2.30. The Kier molecular flexibility index (Phi) is 5.41. The summed E-state index contributed by atoms with van der Waals surface area (Å²) in [5.74, 6) is 0.153. The van der Waals surface area contributed by atoms with Crippen LogP contribution in [0.25, 0.3) is 10.6 Å². The number of piperidine rings is 1. The number of benzene rings is 2. The Bertz CT molecular complexity index is 900. The molecule has 0 bridgehead atoms. The van der Waals surface area contributed by atoms with E-state index >= 15 is 0 Å². The molecule has 0 amide bonds. The fourth-order valence-corrected chi connectivity index (χ4v) is 4.34. The van der Waals surface area contributed by atoms with Gasteiger partial charge in [-0.2, -0.15) is 0 Å². The summed E-state index contributed by atoms with van der Waals surface area (Å²) in [6.07, 6.45) is 1.78. The van der Waals surface area contributed by atoms with Gasteiger partial charge in [-0.3, -0.25) is 9.69 Å². The van der Waals surface area contributed by atoms with Crippen LogP contribution in [-0.4, -0.2) is 28.8 Å². The summed E-state index contributed by atoms with van der Waals surface area (Å²) >= 11 is 1.59. The molecule has 5 heteroatoms. The Hall–Kier alpha value is -2.37. The van der Waals surface area contributed by atoms with Gasteiger partial charge in [-0.1, -0.05) is 30.3 Å². The van der Waals surface area contributed by atoms with Gasteiger partial charge in [0, 0.05) is 29.0 Å². The van der Waals surface area contributed by atoms with Gasteiger partial charge >= 0.3 is 0 Å². The predicted molar refractivity (Wildman–Crippen MR) is 106 cm³/mol. The van der Waals surface area contributed by atoms with E-state index in [1.54, 1.807) is 23.5 Å². The Morgan fingerprint density at radius 2 is 1.78 bits per heavy atom. The standard InChI is InChI=1S/C22H21FN2OS/c23-19-8-6-18(7-9-19)22-24-20(15-27-22)14-25-12-10-17(11-13-25)21(26)16-4-2-1-3-5-16/h1-9,15,17H,10-14H2. The van der Waals surface area contributed by atoms with Crippen molar-refractivity contribution < 1.29 is 9.18 Å². The fraction of sp³-hybridized carbons (Fsp3) is 0.273. The molecule has 1 aliphatic heterocycles. The topological polar surface area (TPSA) is 33.2 Å². The van der Waals surface area contributed by atoms with Crippen molar-refractivity contribution in [2.75, 3.05) is 13.1 Å². The number of halogens is 1. The second kappa shape index (κ2) is 8.11. The van der Waals surface area contributed by atoms with Crippen molar-refractivity contribution in [3.05, 3.63) is 77.1 Å². The highest BCUT2D eigenvalue weighted by atomic mass is 32.1. The Labute approximate surface area is 162 Å². The van der Waals surface area contributed by atoms with Crippen LogP contribution >= 0.6 is 11.3 Å². The van der Waals surface area contributed by atoms with Crippen molar-refractivity contribution in [2.45, 2.75) is 19.4 Å². The highest BCUT2D eigenvalue weighted by molar-refractivity contribution is 7.13. The van der Waals surface area contributed by atoms with Gasteiger partial charge in [-0.05, 0) is 50.2 Å². The molecule has 3 nitrogen and oxygen atoms in total. The zero-order valence-electron chi connectivity index (χ0n) is 15.0. The highest BCUT2D eigenvalue weighted by Gasteiger charge is 2.26. The lowest BCUT2D eigenvalue weighted by atomic mass is 9.89. The molecular weight excluding hydrogens is 359 g/mol. The molecule has 0 saturated carbocycles. The normalized spacial score (nSPS) is 15.7. The van der Waals surface area contributed by atoms with Crippen LogP contribution < -0.4 is 0 Å². The molecule has 27 heavy (non-hydrogen) atoms. The zero-order valence-corrected chi connectivity index (χ0v) is 15.8. The average Bonchev–Trinajstić information content (AvgIpc) is 3.18. The molecule has 0 atom stereocenters. The SMILES string of the molecule is O=C(c1ccccc1)C1CCN(Cc2csc(-c3ccc(F)cc3)n2)CC1. The van der Waals surface area contributed by atoms with Gasteiger partial charge in [0.15, 0.2) is 5.78 Å². The number of thiazole rings is 1. The molecule has 1 aromatic heterocycles. The number of aromatic nitrogens is 1. The zero-order chi connectivity index (χ0) is 18.6. The lowest BCUT2D eigenvalue weighted by Crippen LogP contribution is -2.36. The van der Waals surface area contributed by atoms with Gasteiger partial charge in [0.2, 0.25) is 0 Å². The summed E-state index contributed by atoms with van der Waals surface area (Å²) in [6.45, 7) is 2.61. The number of hydrogen-bond donors (Lipinski definition) is 0. The van der Waals surface area contributed by atoms with E-state index in [1.807, 2.05) is 30.3 Å². The first kappa shape index (κ1) is 18.0. The molecule has 0 N–H and O–H groups in total. The molecule has 2 heterocycles. The molecule has 0 radical (unpaired) electrons. The quantitative estimate of drug-likeness (QED) is 0.581. The van der Waals surface area contributed by atoms with E-state index in [-0.39, 0.29) is 17.5 Å². The van der Waals surface area contributed by atoms with Gasteiger partial charge < -0.3 is 0 Å². The van der Waals surface area contributed by atoms with Crippen molar-refractivity contribution in [1.82, 2.24) is 9.88 Å². The minimum absolute atomic E-state index is 0.119. The van der Waals surface area contributed by atoms with E-state index in [0.717, 1.165) is 54.3 Å². The molecule has 2 aromatic carbocycles. The third kappa shape index (κ3) is 4.31. The monoisotopic (exact) mass is 380 g/mol. The lowest BCUT2D eigenvalue weighted by molar-refractivity contribution is 0.0834. The van der Waals surface area contributed by atoms with Gasteiger partial charge in [-0.15, -0.1) is 11.3 Å². The van der Waals surface area contributed by atoms with Crippen molar-refractivity contribution in [1.29, 1.82) is 0 Å². The van der Waals surface area contributed by atoms with Gasteiger partial charge in [0.05, 0.1) is 5.69 Å². The summed E-state index contributed by atoms with van der Waals surface area (Å²) < 4.78 is 13.1. The van der Waals surface area contributed by atoms with Crippen LogP contribution in [0.3, 0.4) is 0 Å². The highest BCUT2D eigenvalue weighted by Crippen LogP contribution is 2.26. The fourth-order valence-electron chi connectivity index (χ4n) is 3.53. The molecule has 1 aliphatic rings. The molecular formula is C22H21FN2OS. The molecule has 1 saturated heterocycles. The summed E-state index contributed by atoms with van der Waals surface area (Å²) in [7, 11) is 0. The first-order valence-electron chi connectivity index (χ1n) is 9.21. The van der Waals surface area contributed by atoms with Crippen LogP contribution in [0.5, 0.6) is 0 Å². The molecule has 138 valence electrons. The number of hydrogen-bond acceptors (Lipinski definition) is 4. The third-order valence-corrected chi connectivity index (χ3v) is 5.99. The molecule has 3 aromatic rings. The number of carbonyl (C=O) groups excluding carboxylic acids is 1. The number of nitrogens with zero attached hydrogens (tertiary/aromatic N) is 2. The second-order valence-electron chi connectivity index (χ2n) is 6.93. The van der Waals surface area contributed by atoms with Crippen LogP contribution in [-0.2, 0) is 6.54 Å². The predicted octanol–water partition coefficient (Wildman–Crippen LogP) is 5.04. The summed E-state index contributed by atoms with van der Waals surface area (Å²) in [6, 6.07) is 16.0. The number of Topliss-reactive ketones (excluding diaryl/α,β-unsaturated/α-hetero) is 1. The van der Waals surface area contributed by atoms with Gasteiger partial charge in [-0.25, -0.2) is 9.37 Å². The van der Waals surface area contributed by atoms with E-state index < -0.39 is 0 Å². The molecule has 0 aliphatic carbocycles. The molecule has 0 unspecified atom stereocenters. The van der Waals surface area contributed by atoms with Crippen LogP contribution in [0.4, 0.5) is 4.39 Å². The van der Waals surface area contributed by atoms with Crippen molar-refractivity contribution >= 4 is 17.1 Å². The third-order valence-electron chi connectivity index (χ3n) is 5.05. The number of ketones is 1. The number of likely N-dealkylation sites (tertiary alicyclic amines) is 1. The minimum atomic E-state index is -0.233. The summed E-state index contributed by atoms with van der Waals surface area (Å²) in [4.78, 5) is 19.6. The summed E-state index contributed by atoms with van der Waals surface area (Å²) in [5.41, 5.74) is 2.80. The molecule has 1 fully saturated rings. The smallest absolute Gasteiger partial charge is 0.166 e. The van der Waals surface area contributed by atoms with Gasteiger partial charge in [0.1, 0.15) is 10.8 Å². The van der Waals surface area contributed by atoms with E-state index in [1.165, 1.54) is 12.1 Å². The van der Waals surface area contributed by atoms with Crippen LogP contribution in [0, 0.1) is 11.7 Å². The Balaban J connectivity index is 1.33. The van der Waals surface area contributed by atoms with E-state index in [0.29, 0.717) is 0 Å². The largest absolute Gasteiger partial charge is 0.297 e. The second-order valence-corrected chi connectivity index (χ2v) is 7.79. The summed E-state index contributed by atoms with van der Waals surface area (Å²) in [5, 5.41) is 2.99. The molecule has 0 spiro atoms. The maximum atomic E-state index is 13.1. The maximum Gasteiger partial charge on any atom is 0.166 e. The van der Waals surface area contributed by atoms with Crippen molar-refractivity contribution in [2.24, 2.45) is 5.92 Å². The average molecular weight is 380 g/mol. The Morgan fingerprint density at radius 3 is 2.48 bits per heavy atom. The number of carbonyl (C=O) groups is 1. The first-order chi connectivity index (χ1) is 13.2. The molecule has 4 rings (SSSR count). The first-order valence-corrected chi connectivity index (χ1v) is 10.1. The van der Waals surface area contributed by atoms with Crippen LogP contribution in [0.2, 0.25) is 0 Å². The van der Waals surface area contributed by atoms with E-state index in [9.17, 15) is 9.18 Å². The Morgan fingerprint density at radius 1 is 1.07 bits per heavy atom. The van der Waals surface area contributed by atoms with Gasteiger partial charge in [0.25, 0.3) is 0 Å². The number of rotatable bonds is 5. The van der Waals surface area contributed by atoms with E-state index in [2.05, 4.69) is 10.3 Å². The maximum absolute atomic E-state index is 13.1. The van der Waals surface area contributed by atoms with Crippen LogP contribution in [0.1, 0.15) is 28.9 Å². The van der Waals surface area contributed by atoms with Crippen molar-refractivity contribution in [3.8, 4) is 10.6 Å².